The molecule has 0 spiro atoms. The first-order valence-electron chi connectivity index (χ1n) is 7.25. The van der Waals surface area contributed by atoms with E-state index in [0.29, 0.717) is 0 Å². The summed E-state index contributed by atoms with van der Waals surface area (Å²) < 4.78 is 12.9. The third-order valence-electron chi connectivity index (χ3n) is 3.67. The van der Waals surface area contributed by atoms with Crippen LogP contribution >= 0.6 is 11.6 Å². The van der Waals surface area contributed by atoms with Gasteiger partial charge in [-0.1, -0.05) is 29.8 Å². The summed E-state index contributed by atoms with van der Waals surface area (Å²) in [6.45, 7) is 2.78. The van der Waals surface area contributed by atoms with Gasteiger partial charge in [0.15, 0.2) is 5.96 Å². The van der Waals surface area contributed by atoms with Gasteiger partial charge in [-0.2, -0.15) is 0 Å². The Kier molecular flexibility index (Phi) is 4.29. The lowest BCUT2D eigenvalue weighted by molar-refractivity contribution is 0.626. The van der Waals surface area contributed by atoms with Crippen LogP contribution in [0.2, 0.25) is 5.02 Å². The maximum atomic E-state index is 12.9. The minimum absolute atomic E-state index is 0.106. The molecule has 1 heterocycles. The second kappa shape index (κ2) is 6.36. The Bertz CT molecular complexity index is 698. The van der Waals surface area contributed by atoms with Crippen molar-refractivity contribution in [1.82, 2.24) is 10.6 Å². The van der Waals surface area contributed by atoms with Crippen molar-refractivity contribution in [3.05, 3.63) is 64.4 Å². The Labute approximate surface area is 134 Å². The van der Waals surface area contributed by atoms with Crippen molar-refractivity contribution in [2.75, 3.05) is 6.54 Å². The van der Waals surface area contributed by atoms with Crippen molar-refractivity contribution in [1.29, 1.82) is 0 Å². The summed E-state index contributed by atoms with van der Waals surface area (Å²) in [7, 11) is 0. The van der Waals surface area contributed by atoms with E-state index in [1.54, 1.807) is 12.1 Å². The summed E-state index contributed by atoms with van der Waals surface area (Å²) in [5.41, 5.74) is 3.00. The number of hydrogen-bond donors (Lipinski definition) is 2. The summed E-state index contributed by atoms with van der Waals surface area (Å²) in [6.07, 6.45) is 0.803. The van der Waals surface area contributed by atoms with Crippen LogP contribution < -0.4 is 10.6 Å². The molecule has 2 aromatic carbocycles. The maximum absolute atomic E-state index is 12.9. The van der Waals surface area contributed by atoms with E-state index < -0.39 is 0 Å². The van der Waals surface area contributed by atoms with Crippen molar-refractivity contribution in [3.63, 3.8) is 0 Å². The minimum atomic E-state index is -0.211. The molecule has 1 aliphatic rings. The first-order valence-corrected chi connectivity index (χ1v) is 7.63. The Balaban J connectivity index is 1.65. The largest absolute Gasteiger partial charge is 0.356 e. The van der Waals surface area contributed by atoms with Crippen molar-refractivity contribution >= 4 is 23.2 Å². The van der Waals surface area contributed by atoms with E-state index in [-0.39, 0.29) is 11.9 Å². The first kappa shape index (κ1) is 14.9. The monoisotopic (exact) mass is 317 g/mol. The van der Waals surface area contributed by atoms with Gasteiger partial charge in [-0.15, -0.1) is 0 Å². The molecular weight excluding hydrogens is 301 g/mol. The SMILES string of the molecule is CC1NC(NCCc2ccc(F)cc2)=Nc2cccc(Cl)c21. The zero-order valence-corrected chi connectivity index (χ0v) is 13.0. The smallest absolute Gasteiger partial charge is 0.197 e. The number of nitrogens with zero attached hydrogens (tertiary/aromatic N) is 1. The van der Waals surface area contributed by atoms with Crippen molar-refractivity contribution in [3.8, 4) is 0 Å². The van der Waals surface area contributed by atoms with Gasteiger partial charge in [-0.3, -0.25) is 0 Å². The van der Waals surface area contributed by atoms with E-state index in [9.17, 15) is 4.39 Å². The summed E-state index contributed by atoms with van der Waals surface area (Å²) in [5, 5.41) is 7.31. The third kappa shape index (κ3) is 3.22. The summed E-state index contributed by atoms with van der Waals surface area (Å²) in [6, 6.07) is 12.4. The fraction of sp³-hybridized carbons (Fsp3) is 0.235. The lowest BCUT2D eigenvalue weighted by Crippen LogP contribution is -2.41. The molecule has 3 rings (SSSR count). The third-order valence-corrected chi connectivity index (χ3v) is 4.00. The van der Waals surface area contributed by atoms with Gasteiger partial charge in [-0.05, 0) is 43.2 Å². The standard InChI is InChI=1S/C17H17ClFN3/c1-11-16-14(18)3-2-4-15(16)22-17(21-11)20-10-9-12-5-7-13(19)8-6-12/h2-8,11H,9-10H2,1H3,(H2,20,21,22). The fourth-order valence-corrected chi connectivity index (χ4v) is 2.88. The fourth-order valence-electron chi connectivity index (χ4n) is 2.55. The molecule has 0 radical (unpaired) electrons. The lowest BCUT2D eigenvalue weighted by Gasteiger charge is -2.25. The Hall–Kier alpha value is -2.07. The van der Waals surface area contributed by atoms with Gasteiger partial charge in [0, 0.05) is 17.1 Å². The predicted molar refractivity (Wildman–Crippen MR) is 88.2 cm³/mol. The molecule has 3 nitrogen and oxygen atoms in total. The Morgan fingerprint density at radius 1 is 1.23 bits per heavy atom. The number of nitrogens with one attached hydrogen (secondary N) is 2. The maximum Gasteiger partial charge on any atom is 0.197 e. The molecule has 1 aliphatic heterocycles. The van der Waals surface area contributed by atoms with Gasteiger partial charge in [0.1, 0.15) is 5.82 Å². The van der Waals surface area contributed by atoms with E-state index in [1.165, 1.54) is 12.1 Å². The zero-order chi connectivity index (χ0) is 15.5. The van der Waals surface area contributed by atoms with Crippen LogP contribution in [-0.2, 0) is 6.42 Å². The molecule has 2 aromatic rings. The van der Waals surface area contributed by atoms with E-state index >= 15 is 0 Å². The number of halogens is 2. The van der Waals surface area contributed by atoms with Crippen molar-refractivity contribution in [2.24, 2.45) is 4.99 Å². The molecular formula is C17H17ClFN3. The Morgan fingerprint density at radius 2 is 2.00 bits per heavy atom. The van der Waals surface area contributed by atoms with E-state index in [2.05, 4.69) is 22.5 Å². The highest BCUT2D eigenvalue weighted by atomic mass is 35.5. The topological polar surface area (TPSA) is 36.4 Å². The predicted octanol–water partition coefficient (Wildman–Crippen LogP) is 3.96. The van der Waals surface area contributed by atoms with Crippen LogP contribution in [0.5, 0.6) is 0 Å². The molecule has 0 fully saturated rings. The molecule has 114 valence electrons. The molecule has 1 unspecified atom stereocenters. The molecule has 0 saturated carbocycles. The summed E-state index contributed by atoms with van der Waals surface area (Å²) in [4.78, 5) is 4.55. The minimum Gasteiger partial charge on any atom is -0.356 e. The number of benzene rings is 2. The van der Waals surface area contributed by atoms with Gasteiger partial charge < -0.3 is 10.6 Å². The number of aliphatic imine (C=N–C) groups is 1. The van der Waals surface area contributed by atoms with Gasteiger partial charge in [-0.25, -0.2) is 9.38 Å². The van der Waals surface area contributed by atoms with Crippen LogP contribution in [0.3, 0.4) is 0 Å². The van der Waals surface area contributed by atoms with Crippen LogP contribution in [0.25, 0.3) is 0 Å². The summed E-state index contributed by atoms with van der Waals surface area (Å²) >= 11 is 6.22. The zero-order valence-electron chi connectivity index (χ0n) is 12.2. The van der Waals surface area contributed by atoms with Crippen LogP contribution in [0.1, 0.15) is 24.1 Å². The van der Waals surface area contributed by atoms with Crippen LogP contribution in [-0.4, -0.2) is 12.5 Å². The number of fused-ring (bicyclic) bond motifs is 1. The molecule has 0 aromatic heterocycles. The highest BCUT2D eigenvalue weighted by molar-refractivity contribution is 6.31. The number of rotatable bonds is 3. The highest BCUT2D eigenvalue weighted by Crippen LogP contribution is 2.34. The number of guanidine groups is 1. The quantitative estimate of drug-likeness (QED) is 0.899. The normalized spacial score (nSPS) is 16.5. The molecule has 0 amide bonds. The summed E-state index contributed by atoms with van der Waals surface area (Å²) in [5.74, 6) is 0.529. The molecule has 0 aliphatic carbocycles. The molecule has 2 N–H and O–H groups in total. The second-order valence-corrected chi connectivity index (χ2v) is 5.71. The number of hydrogen-bond acceptors (Lipinski definition) is 3. The lowest BCUT2D eigenvalue weighted by atomic mass is 10.0. The molecule has 22 heavy (non-hydrogen) atoms. The van der Waals surface area contributed by atoms with Crippen LogP contribution in [0.15, 0.2) is 47.5 Å². The second-order valence-electron chi connectivity index (χ2n) is 5.30. The van der Waals surface area contributed by atoms with Crippen LogP contribution in [0.4, 0.5) is 10.1 Å². The van der Waals surface area contributed by atoms with Gasteiger partial charge >= 0.3 is 0 Å². The van der Waals surface area contributed by atoms with Gasteiger partial charge in [0.05, 0.1) is 11.7 Å². The molecule has 0 bridgehead atoms. The molecule has 0 saturated heterocycles. The van der Waals surface area contributed by atoms with Crippen LogP contribution in [0, 0.1) is 5.82 Å². The molecule has 1 atom stereocenters. The average molecular weight is 318 g/mol. The average Bonchev–Trinajstić information content (AvgIpc) is 2.49. The van der Waals surface area contributed by atoms with Crippen molar-refractivity contribution in [2.45, 2.75) is 19.4 Å². The van der Waals surface area contributed by atoms with Crippen molar-refractivity contribution < 1.29 is 4.39 Å². The van der Waals surface area contributed by atoms with Gasteiger partial charge in [0.25, 0.3) is 0 Å². The van der Waals surface area contributed by atoms with Gasteiger partial charge in [0.2, 0.25) is 0 Å². The van der Waals surface area contributed by atoms with E-state index in [1.807, 2.05) is 18.2 Å². The highest BCUT2D eigenvalue weighted by Gasteiger charge is 2.20. The molecule has 5 heteroatoms. The van der Waals surface area contributed by atoms with E-state index in [4.69, 9.17) is 11.6 Å². The first-order chi connectivity index (χ1) is 10.6. The van der Waals surface area contributed by atoms with E-state index in [0.717, 1.165) is 40.8 Å². The Morgan fingerprint density at radius 3 is 2.77 bits per heavy atom.